The normalized spacial score (nSPS) is 14.1. The molecule has 1 aromatic carbocycles. The second kappa shape index (κ2) is 9.90. The highest BCUT2D eigenvalue weighted by atomic mass is 16.5. The topological polar surface area (TPSA) is 73.3 Å². The van der Waals surface area contributed by atoms with Crippen LogP contribution in [0, 0.1) is 5.92 Å². The molecule has 1 amide bonds. The molecule has 0 unspecified atom stereocenters. The van der Waals surface area contributed by atoms with Gasteiger partial charge in [-0.15, -0.1) is 10.2 Å². The predicted molar refractivity (Wildman–Crippen MR) is 104 cm³/mol. The summed E-state index contributed by atoms with van der Waals surface area (Å²) in [5.41, 5.74) is 1.74. The van der Waals surface area contributed by atoms with Crippen molar-refractivity contribution in [2.75, 3.05) is 19.8 Å². The van der Waals surface area contributed by atoms with Gasteiger partial charge in [0.25, 0.3) is 0 Å². The van der Waals surface area contributed by atoms with Crippen LogP contribution in [0.2, 0.25) is 0 Å². The van der Waals surface area contributed by atoms with Crippen molar-refractivity contribution in [3.63, 3.8) is 0 Å². The number of amides is 1. The third-order valence-electron chi connectivity index (χ3n) is 4.72. The number of hydrogen-bond acceptors (Lipinski definition) is 5. The minimum absolute atomic E-state index is 0.113. The lowest BCUT2D eigenvalue weighted by Crippen LogP contribution is -2.29. The Morgan fingerprint density at radius 3 is 2.52 bits per heavy atom. The molecule has 0 radical (unpaired) electrons. The van der Waals surface area contributed by atoms with E-state index in [0.29, 0.717) is 38.0 Å². The maximum absolute atomic E-state index is 11.9. The monoisotopic (exact) mass is 369 g/mol. The Balaban J connectivity index is 1.40. The van der Waals surface area contributed by atoms with Crippen LogP contribution in [0.1, 0.15) is 39.0 Å². The SMILES string of the molecule is CCOc1ccc(-c2ccc(OCCNC(=O)CC3CCCC3)nn2)cc1. The van der Waals surface area contributed by atoms with Crippen LogP contribution in [0.4, 0.5) is 0 Å². The number of ether oxygens (including phenoxy) is 2. The van der Waals surface area contributed by atoms with E-state index in [-0.39, 0.29) is 5.91 Å². The Morgan fingerprint density at radius 1 is 1.07 bits per heavy atom. The smallest absolute Gasteiger partial charge is 0.233 e. The van der Waals surface area contributed by atoms with Gasteiger partial charge in [0.1, 0.15) is 12.4 Å². The Labute approximate surface area is 160 Å². The van der Waals surface area contributed by atoms with Gasteiger partial charge >= 0.3 is 0 Å². The van der Waals surface area contributed by atoms with Crippen LogP contribution < -0.4 is 14.8 Å². The van der Waals surface area contributed by atoms with Gasteiger partial charge in [0.05, 0.1) is 18.8 Å². The van der Waals surface area contributed by atoms with E-state index in [1.54, 1.807) is 6.07 Å². The van der Waals surface area contributed by atoms with Crippen molar-refractivity contribution < 1.29 is 14.3 Å². The lowest BCUT2D eigenvalue weighted by atomic mass is 10.0. The van der Waals surface area contributed by atoms with E-state index in [4.69, 9.17) is 9.47 Å². The number of benzene rings is 1. The van der Waals surface area contributed by atoms with Gasteiger partial charge in [-0.25, -0.2) is 0 Å². The summed E-state index contributed by atoms with van der Waals surface area (Å²) in [5, 5.41) is 11.2. The summed E-state index contributed by atoms with van der Waals surface area (Å²) in [5.74, 6) is 1.97. The van der Waals surface area contributed by atoms with Gasteiger partial charge in [0, 0.05) is 18.1 Å². The van der Waals surface area contributed by atoms with Gasteiger partial charge < -0.3 is 14.8 Å². The fraction of sp³-hybridized carbons (Fsp3) is 0.476. The molecule has 1 aliphatic carbocycles. The Morgan fingerprint density at radius 2 is 1.85 bits per heavy atom. The summed E-state index contributed by atoms with van der Waals surface area (Å²) in [6.07, 6.45) is 5.51. The molecule has 2 aromatic rings. The van der Waals surface area contributed by atoms with Crippen molar-refractivity contribution in [3.8, 4) is 22.9 Å². The summed E-state index contributed by atoms with van der Waals surface area (Å²) in [7, 11) is 0. The number of carbonyl (C=O) groups excluding carboxylic acids is 1. The van der Waals surface area contributed by atoms with Gasteiger partial charge in [0.15, 0.2) is 0 Å². The predicted octanol–water partition coefficient (Wildman–Crippen LogP) is 3.62. The van der Waals surface area contributed by atoms with E-state index >= 15 is 0 Å². The Bertz CT molecular complexity index is 710. The van der Waals surface area contributed by atoms with Gasteiger partial charge in [-0.2, -0.15) is 0 Å². The van der Waals surface area contributed by atoms with Crippen LogP contribution in [0.15, 0.2) is 36.4 Å². The third kappa shape index (κ3) is 5.94. The summed E-state index contributed by atoms with van der Waals surface area (Å²) in [6.45, 7) is 3.47. The Hall–Kier alpha value is -2.63. The van der Waals surface area contributed by atoms with Crippen LogP contribution >= 0.6 is 0 Å². The molecule has 0 aliphatic heterocycles. The third-order valence-corrected chi connectivity index (χ3v) is 4.72. The van der Waals surface area contributed by atoms with Crippen molar-refractivity contribution >= 4 is 5.91 Å². The highest BCUT2D eigenvalue weighted by Crippen LogP contribution is 2.27. The number of rotatable bonds is 9. The van der Waals surface area contributed by atoms with Gasteiger partial charge in [-0.1, -0.05) is 12.8 Å². The van der Waals surface area contributed by atoms with Crippen molar-refractivity contribution in [1.82, 2.24) is 15.5 Å². The first kappa shape index (κ1) is 19.1. The lowest BCUT2D eigenvalue weighted by molar-refractivity contribution is -0.122. The van der Waals surface area contributed by atoms with Crippen LogP contribution in [-0.4, -0.2) is 35.9 Å². The molecule has 1 heterocycles. The highest BCUT2D eigenvalue weighted by molar-refractivity contribution is 5.76. The first-order valence-corrected chi connectivity index (χ1v) is 9.71. The molecular formula is C21H27N3O3. The number of nitrogens with one attached hydrogen (secondary N) is 1. The maximum Gasteiger partial charge on any atom is 0.233 e. The second-order valence-corrected chi connectivity index (χ2v) is 6.77. The van der Waals surface area contributed by atoms with Gasteiger partial charge in [-0.05, 0) is 56.0 Å². The fourth-order valence-corrected chi connectivity index (χ4v) is 3.33. The van der Waals surface area contributed by atoms with E-state index in [2.05, 4.69) is 15.5 Å². The van der Waals surface area contributed by atoms with E-state index in [1.165, 1.54) is 25.7 Å². The summed E-state index contributed by atoms with van der Waals surface area (Å²) >= 11 is 0. The maximum atomic E-state index is 11.9. The van der Waals surface area contributed by atoms with Crippen LogP contribution in [0.5, 0.6) is 11.6 Å². The molecule has 3 rings (SSSR count). The molecule has 144 valence electrons. The molecule has 1 aromatic heterocycles. The van der Waals surface area contributed by atoms with E-state index in [9.17, 15) is 4.79 Å². The van der Waals surface area contributed by atoms with Gasteiger partial charge in [-0.3, -0.25) is 4.79 Å². The average Bonchev–Trinajstić information content (AvgIpc) is 3.20. The zero-order chi connectivity index (χ0) is 18.9. The molecule has 1 aliphatic rings. The summed E-state index contributed by atoms with van der Waals surface area (Å²) in [6, 6.07) is 11.4. The molecule has 1 N–H and O–H groups in total. The minimum atomic E-state index is 0.113. The fourth-order valence-electron chi connectivity index (χ4n) is 3.33. The van der Waals surface area contributed by atoms with Crippen LogP contribution in [-0.2, 0) is 4.79 Å². The Kier molecular flexibility index (Phi) is 7.02. The van der Waals surface area contributed by atoms with E-state index in [0.717, 1.165) is 17.0 Å². The summed E-state index contributed by atoms with van der Waals surface area (Å²) in [4.78, 5) is 11.9. The number of nitrogens with zero attached hydrogens (tertiary/aromatic N) is 2. The molecule has 1 fully saturated rings. The molecular weight excluding hydrogens is 342 g/mol. The average molecular weight is 369 g/mol. The van der Waals surface area contributed by atoms with Crippen molar-refractivity contribution in [2.24, 2.45) is 5.92 Å². The molecule has 0 spiro atoms. The zero-order valence-electron chi connectivity index (χ0n) is 15.8. The lowest BCUT2D eigenvalue weighted by Gasteiger charge is -2.10. The molecule has 6 heteroatoms. The van der Waals surface area contributed by atoms with Crippen LogP contribution in [0.3, 0.4) is 0 Å². The van der Waals surface area contributed by atoms with E-state index in [1.807, 2.05) is 37.3 Å². The van der Waals surface area contributed by atoms with Crippen LogP contribution in [0.25, 0.3) is 11.3 Å². The first-order valence-electron chi connectivity index (χ1n) is 9.71. The van der Waals surface area contributed by atoms with Crippen molar-refractivity contribution in [3.05, 3.63) is 36.4 Å². The minimum Gasteiger partial charge on any atom is -0.494 e. The van der Waals surface area contributed by atoms with Crippen molar-refractivity contribution in [2.45, 2.75) is 39.0 Å². The molecule has 6 nitrogen and oxygen atoms in total. The van der Waals surface area contributed by atoms with Gasteiger partial charge in [0.2, 0.25) is 11.8 Å². The molecule has 0 atom stereocenters. The molecule has 0 bridgehead atoms. The van der Waals surface area contributed by atoms with Crippen molar-refractivity contribution in [1.29, 1.82) is 0 Å². The quantitative estimate of drug-likeness (QED) is 0.684. The number of aromatic nitrogens is 2. The van der Waals surface area contributed by atoms with E-state index < -0.39 is 0 Å². The molecule has 1 saturated carbocycles. The standard InChI is InChI=1S/C21H27N3O3/c1-2-26-18-9-7-17(8-10-18)19-11-12-21(24-23-19)27-14-13-22-20(25)15-16-5-3-4-6-16/h7-12,16H,2-6,13-15H2,1H3,(H,22,25). The number of carbonyl (C=O) groups is 1. The molecule has 27 heavy (non-hydrogen) atoms. The second-order valence-electron chi connectivity index (χ2n) is 6.77. The first-order chi connectivity index (χ1) is 13.2. The highest BCUT2D eigenvalue weighted by Gasteiger charge is 2.17. The molecule has 0 saturated heterocycles. The largest absolute Gasteiger partial charge is 0.494 e. The zero-order valence-corrected chi connectivity index (χ0v) is 15.8. The number of hydrogen-bond donors (Lipinski definition) is 1. The summed E-state index contributed by atoms with van der Waals surface area (Å²) < 4.78 is 11.0.